The van der Waals surface area contributed by atoms with Crippen LogP contribution < -0.4 is 15.1 Å². The van der Waals surface area contributed by atoms with Crippen molar-refractivity contribution in [1.82, 2.24) is 9.97 Å². The summed E-state index contributed by atoms with van der Waals surface area (Å²) in [6.45, 7) is 7.68. The summed E-state index contributed by atoms with van der Waals surface area (Å²) in [7, 11) is 0. The number of benzene rings is 2. The van der Waals surface area contributed by atoms with Gasteiger partial charge in [-0.05, 0) is 24.3 Å². The number of anilines is 3. The van der Waals surface area contributed by atoms with Crippen LogP contribution in [0.1, 0.15) is 0 Å². The number of nitrogens with zero attached hydrogens (tertiary/aromatic N) is 4. The molecule has 1 aliphatic heterocycles. The Kier molecular flexibility index (Phi) is 5.70. The maximum Gasteiger partial charge on any atom is 0.227 e. The van der Waals surface area contributed by atoms with Gasteiger partial charge in [0, 0.05) is 50.0 Å². The second kappa shape index (κ2) is 8.73. The van der Waals surface area contributed by atoms with Gasteiger partial charge in [-0.2, -0.15) is 4.98 Å². The van der Waals surface area contributed by atoms with Crippen LogP contribution in [0.15, 0.2) is 73.3 Å². The summed E-state index contributed by atoms with van der Waals surface area (Å²) in [5.74, 6) is 1.30. The lowest BCUT2D eigenvalue weighted by atomic mass is 10.1. The molecule has 0 atom stereocenters. The smallest absolute Gasteiger partial charge is 0.227 e. The summed E-state index contributed by atoms with van der Waals surface area (Å²) in [5.41, 5.74) is 2.99. The molecule has 1 saturated heterocycles. The zero-order chi connectivity index (χ0) is 20.1. The standard InChI is InChI=1S/C23H24FN5/c1-2-12-25-22-17-21(18-6-4-3-5-7-18)26-23(27-22)29-15-13-28(14-16-29)20-10-8-19(24)9-11-20/h2-11,17H,1,12-16H2,(H,25,26,27). The van der Waals surface area contributed by atoms with Gasteiger partial charge in [-0.25, -0.2) is 9.37 Å². The summed E-state index contributed by atoms with van der Waals surface area (Å²) >= 11 is 0. The molecule has 3 aromatic rings. The number of aromatic nitrogens is 2. The minimum atomic E-state index is -0.210. The Balaban J connectivity index is 1.54. The fraction of sp³-hybridized carbons (Fsp3) is 0.217. The number of halogens is 1. The van der Waals surface area contributed by atoms with E-state index < -0.39 is 0 Å². The molecule has 0 unspecified atom stereocenters. The van der Waals surface area contributed by atoms with E-state index in [1.54, 1.807) is 0 Å². The van der Waals surface area contributed by atoms with Gasteiger partial charge in [0.05, 0.1) is 5.69 Å². The molecule has 4 rings (SSSR count). The Morgan fingerprint density at radius 1 is 0.931 bits per heavy atom. The summed E-state index contributed by atoms with van der Waals surface area (Å²) in [6.07, 6.45) is 1.81. The number of hydrogen-bond donors (Lipinski definition) is 1. The number of nitrogens with one attached hydrogen (secondary N) is 1. The minimum absolute atomic E-state index is 0.210. The Morgan fingerprint density at radius 2 is 1.62 bits per heavy atom. The van der Waals surface area contributed by atoms with E-state index in [-0.39, 0.29) is 5.82 Å². The van der Waals surface area contributed by atoms with Crippen LogP contribution in [0.5, 0.6) is 0 Å². The summed E-state index contributed by atoms with van der Waals surface area (Å²) in [5, 5.41) is 3.28. The maximum atomic E-state index is 13.2. The number of hydrogen-bond acceptors (Lipinski definition) is 5. The Bertz CT molecular complexity index is 951. The third-order valence-corrected chi connectivity index (χ3v) is 4.97. The van der Waals surface area contributed by atoms with Crippen LogP contribution in [0.2, 0.25) is 0 Å². The van der Waals surface area contributed by atoms with Crippen LogP contribution in [0.4, 0.5) is 21.8 Å². The molecular weight excluding hydrogens is 365 g/mol. The van der Waals surface area contributed by atoms with E-state index in [2.05, 4.69) is 33.8 Å². The molecule has 0 aliphatic carbocycles. The predicted molar refractivity (Wildman–Crippen MR) is 117 cm³/mol. The first-order chi connectivity index (χ1) is 14.2. The van der Waals surface area contributed by atoms with Crippen molar-refractivity contribution in [2.45, 2.75) is 0 Å². The molecule has 0 spiro atoms. The third kappa shape index (κ3) is 4.54. The van der Waals surface area contributed by atoms with Crippen molar-refractivity contribution < 1.29 is 4.39 Å². The lowest BCUT2D eigenvalue weighted by molar-refractivity contribution is 0.623. The van der Waals surface area contributed by atoms with Crippen LogP contribution in [0, 0.1) is 5.82 Å². The Hall–Kier alpha value is -3.41. The third-order valence-electron chi connectivity index (χ3n) is 4.97. The molecule has 2 aromatic carbocycles. The lowest BCUT2D eigenvalue weighted by Crippen LogP contribution is -2.47. The highest BCUT2D eigenvalue weighted by molar-refractivity contribution is 5.64. The quantitative estimate of drug-likeness (QED) is 0.640. The molecule has 1 aliphatic rings. The molecule has 1 N–H and O–H groups in total. The van der Waals surface area contributed by atoms with E-state index in [0.717, 1.165) is 54.9 Å². The molecule has 2 heterocycles. The van der Waals surface area contributed by atoms with Crippen molar-refractivity contribution in [3.8, 4) is 11.3 Å². The first-order valence-corrected chi connectivity index (χ1v) is 9.77. The largest absolute Gasteiger partial charge is 0.368 e. The first kappa shape index (κ1) is 18.9. The van der Waals surface area contributed by atoms with Gasteiger partial charge in [0.1, 0.15) is 11.6 Å². The van der Waals surface area contributed by atoms with Crippen LogP contribution in [0.3, 0.4) is 0 Å². The first-order valence-electron chi connectivity index (χ1n) is 9.77. The summed E-state index contributed by atoms with van der Waals surface area (Å²) < 4.78 is 13.2. The van der Waals surface area contributed by atoms with Crippen molar-refractivity contribution in [2.75, 3.05) is 47.8 Å². The monoisotopic (exact) mass is 389 g/mol. The van der Waals surface area contributed by atoms with Gasteiger partial charge in [-0.3, -0.25) is 0 Å². The fourth-order valence-electron chi connectivity index (χ4n) is 3.42. The van der Waals surface area contributed by atoms with E-state index in [0.29, 0.717) is 6.54 Å². The number of rotatable bonds is 6. The second-order valence-corrected chi connectivity index (χ2v) is 6.92. The van der Waals surface area contributed by atoms with Gasteiger partial charge in [0.25, 0.3) is 0 Å². The highest BCUT2D eigenvalue weighted by atomic mass is 19.1. The van der Waals surface area contributed by atoms with Crippen molar-refractivity contribution in [3.05, 3.63) is 79.1 Å². The highest BCUT2D eigenvalue weighted by Gasteiger charge is 2.20. The van der Waals surface area contributed by atoms with Gasteiger partial charge in [-0.1, -0.05) is 36.4 Å². The fourth-order valence-corrected chi connectivity index (χ4v) is 3.42. The summed E-state index contributed by atoms with van der Waals surface area (Å²) in [4.78, 5) is 14.0. The van der Waals surface area contributed by atoms with Gasteiger partial charge in [-0.15, -0.1) is 6.58 Å². The molecule has 29 heavy (non-hydrogen) atoms. The molecule has 0 amide bonds. The van der Waals surface area contributed by atoms with Crippen LogP contribution in [-0.4, -0.2) is 42.7 Å². The molecule has 6 heteroatoms. The summed E-state index contributed by atoms with van der Waals surface area (Å²) in [6, 6.07) is 18.8. The molecule has 1 aromatic heterocycles. The molecule has 148 valence electrons. The Labute approximate surface area is 170 Å². The Morgan fingerprint density at radius 3 is 2.31 bits per heavy atom. The SMILES string of the molecule is C=CCNc1cc(-c2ccccc2)nc(N2CCN(c3ccc(F)cc3)CC2)n1. The highest BCUT2D eigenvalue weighted by Crippen LogP contribution is 2.24. The predicted octanol–water partition coefficient (Wildman–Crippen LogP) is 4.21. The second-order valence-electron chi connectivity index (χ2n) is 6.92. The normalized spacial score (nSPS) is 14.0. The van der Waals surface area contributed by atoms with E-state index in [9.17, 15) is 4.39 Å². The zero-order valence-corrected chi connectivity index (χ0v) is 16.3. The minimum Gasteiger partial charge on any atom is -0.368 e. The average Bonchev–Trinajstić information content (AvgIpc) is 2.79. The zero-order valence-electron chi connectivity index (χ0n) is 16.3. The number of piperazine rings is 1. The van der Waals surface area contributed by atoms with Crippen molar-refractivity contribution in [2.24, 2.45) is 0 Å². The van der Waals surface area contributed by atoms with Gasteiger partial charge < -0.3 is 15.1 Å². The van der Waals surface area contributed by atoms with Gasteiger partial charge >= 0.3 is 0 Å². The van der Waals surface area contributed by atoms with E-state index in [4.69, 9.17) is 9.97 Å². The topological polar surface area (TPSA) is 44.3 Å². The van der Waals surface area contributed by atoms with Crippen LogP contribution in [-0.2, 0) is 0 Å². The van der Waals surface area contributed by atoms with Gasteiger partial charge in [0.2, 0.25) is 5.95 Å². The maximum absolute atomic E-state index is 13.2. The van der Waals surface area contributed by atoms with Crippen LogP contribution >= 0.6 is 0 Å². The molecule has 0 bridgehead atoms. The molecule has 1 fully saturated rings. The van der Waals surface area contributed by atoms with Gasteiger partial charge in [0.15, 0.2) is 0 Å². The lowest BCUT2D eigenvalue weighted by Gasteiger charge is -2.36. The molecular formula is C23H24FN5. The molecule has 5 nitrogen and oxygen atoms in total. The molecule has 0 radical (unpaired) electrons. The van der Waals surface area contributed by atoms with Crippen molar-refractivity contribution in [1.29, 1.82) is 0 Å². The average molecular weight is 389 g/mol. The van der Waals surface area contributed by atoms with E-state index >= 15 is 0 Å². The van der Waals surface area contributed by atoms with Crippen molar-refractivity contribution >= 4 is 17.5 Å². The molecule has 0 saturated carbocycles. The van der Waals surface area contributed by atoms with E-state index in [1.165, 1.54) is 12.1 Å². The van der Waals surface area contributed by atoms with Crippen LogP contribution in [0.25, 0.3) is 11.3 Å². The van der Waals surface area contributed by atoms with Crippen molar-refractivity contribution in [3.63, 3.8) is 0 Å². The van der Waals surface area contributed by atoms with E-state index in [1.807, 2.05) is 42.5 Å².